The highest BCUT2D eigenvalue weighted by Gasteiger charge is 2.49. The van der Waals surface area contributed by atoms with Crippen molar-refractivity contribution < 1.29 is 14.2 Å². The Morgan fingerprint density at radius 2 is 0.617 bits per heavy atom. The second-order valence-corrected chi connectivity index (χ2v) is 25.8. The largest absolute Gasteiger partial charge is 0.458 e. The molecule has 19 rings (SSSR count). The summed E-state index contributed by atoms with van der Waals surface area (Å²) in [6.45, 7) is -0.571. The van der Waals surface area contributed by atoms with Gasteiger partial charge in [-0.05, 0) is 177 Å². The molecule has 0 radical (unpaired) electrons. The van der Waals surface area contributed by atoms with Crippen LogP contribution in [-0.4, -0.2) is 32.6 Å². The highest BCUT2D eigenvalue weighted by Crippen LogP contribution is 2.50. The molecule has 6 aliphatic heterocycles. The number of para-hydroxylation sites is 8. The normalized spacial score (nSPS) is 13.3. The van der Waals surface area contributed by atoms with E-state index in [4.69, 9.17) is 14.2 Å². The lowest BCUT2D eigenvalue weighted by molar-refractivity contribution is 0.465. The summed E-state index contributed by atoms with van der Waals surface area (Å²) >= 11 is 3.47. The van der Waals surface area contributed by atoms with Gasteiger partial charge in [-0.25, -0.2) is 0 Å². The zero-order valence-corrected chi connectivity index (χ0v) is 52.9. The minimum atomic E-state index is -0.222. The first-order valence-electron chi connectivity index (χ1n) is 31.8. The lowest BCUT2D eigenvalue weighted by Gasteiger charge is -2.45. The Labute approximate surface area is 555 Å². The summed E-state index contributed by atoms with van der Waals surface area (Å²) in [4.78, 5) is 6.99. The minimum Gasteiger partial charge on any atom is -0.458 e. The van der Waals surface area contributed by atoms with Gasteiger partial charge in [0.05, 0.1) is 34.1 Å². The third-order valence-electron chi connectivity index (χ3n) is 19.3. The number of benzene rings is 13. The molecular formula is C80H55B3N6O3S2. The molecule has 13 aromatic carbocycles. The molecule has 6 heterocycles. The molecule has 6 aliphatic rings. The van der Waals surface area contributed by atoms with E-state index in [1.165, 1.54) is 21.9 Å². The molecule has 0 bridgehead atoms. The molecule has 0 atom stereocenters. The van der Waals surface area contributed by atoms with E-state index in [0.717, 1.165) is 147 Å². The molecule has 0 spiro atoms. The van der Waals surface area contributed by atoms with Crippen molar-refractivity contribution in [1.29, 1.82) is 0 Å². The van der Waals surface area contributed by atoms with Crippen molar-refractivity contribution in [2.75, 3.05) is 41.1 Å². The fraction of sp³-hybridized carbons (Fsp3) is 0.0250. The van der Waals surface area contributed by atoms with Gasteiger partial charge in [0.25, 0.3) is 20.1 Å². The third-order valence-corrected chi connectivity index (χ3v) is 20.8. The van der Waals surface area contributed by atoms with Crippen LogP contribution in [0.4, 0.5) is 85.3 Å². The molecule has 0 saturated heterocycles. The van der Waals surface area contributed by atoms with Crippen LogP contribution in [0.1, 0.15) is 0 Å². The number of rotatable bonds is 11. The Hall–Kier alpha value is -11.0. The quantitative estimate of drug-likeness (QED) is 0.0995. The van der Waals surface area contributed by atoms with Crippen LogP contribution in [0.3, 0.4) is 0 Å². The summed E-state index contributed by atoms with van der Waals surface area (Å²) in [5.74, 6) is 4.88. The Kier molecular flexibility index (Phi) is 12.7. The van der Waals surface area contributed by atoms with Gasteiger partial charge >= 0.3 is 0 Å². The SMILES string of the molecule is CSN1c2cc3c(cc2B2c4cc5c(cc4N(SC)c4cc(N(c6ccccc6)c6ccccc6)cc1c42)Oc1cc(N(c2ccccc2)c2ccccc2)cc2c1B5c1ccccc1O2)B1c2ccccc2Oc2cc(N(c4ccccc4)c4ccccc4)cc(c21)N3. The summed E-state index contributed by atoms with van der Waals surface area (Å²) in [7, 11) is 0. The van der Waals surface area contributed by atoms with Crippen LogP contribution in [0.25, 0.3) is 0 Å². The Balaban J connectivity index is 0.843. The molecule has 0 unspecified atom stereocenters. The van der Waals surface area contributed by atoms with Crippen molar-refractivity contribution in [1.82, 2.24) is 0 Å². The molecule has 9 nitrogen and oxygen atoms in total. The monoisotopic (exact) mass is 1240 g/mol. The second-order valence-electron chi connectivity index (χ2n) is 24.4. The van der Waals surface area contributed by atoms with E-state index in [1.54, 1.807) is 23.9 Å². The fourth-order valence-corrected chi connectivity index (χ4v) is 16.9. The van der Waals surface area contributed by atoms with Crippen molar-refractivity contribution in [3.8, 4) is 34.5 Å². The van der Waals surface area contributed by atoms with Crippen molar-refractivity contribution in [3.05, 3.63) is 291 Å². The molecule has 0 amide bonds. The van der Waals surface area contributed by atoms with Gasteiger partial charge < -0.3 is 34.2 Å². The maximum Gasteiger partial charge on any atom is 0.260 e. The van der Waals surface area contributed by atoms with E-state index >= 15 is 0 Å². The molecule has 0 fully saturated rings. The lowest BCUT2D eigenvalue weighted by atomic mass is 9.29. The molecule has 1 N–H and O–H groups in total. The van der Waals surface area contributed by atoms with E-state index in [-0.39, 0.29) is 20.1 Å². The lowest BCUT2D eigenvalue weighted by Crippen LogP contribution is -2.65. The predicted octanol–water partition coefficient (Wildman–Crippen LogP) is 15.5. The molecule has 14 heteroatoms. The van der Waals surface area contributed by atoms with Crippen LogP contribution < -0.4 is 92.0 Å². The smallest absolute Gasteiger partial charge is 0.260 e. The van der Waals surface area contributed by atoms with Gasteiger partial charge in [-0.15, -0.1) is 0 Å². The van der Waals surface area contributed by atoms with Crippen molar-refractivity contribution in [3.63, 3.8) is 0 Å². The molecule has 94 heavy (non-hydrogen) atoms. The van der Waals surface area contributed by atoms with E-state index < -0.39 is 0 Å². The maximum absolute atomic E-state index is 7.51. The highest BCUT2D eigenvalue weighted by molar-refractivity contribution is 8.00. The topological polar surface area (TPSA) is 55.9 Å². The van der Waals surface area contributed by atoms with Gasteiger partial charge in [0.2, 0.25) is 0 Å². The number of hydrogen-bond acceptors (Lipinski definition) is 11. The minimum absolute atomic E-state index is 0.148. The fourth-order valence-electron chi connectivity index (χ4n) is 15.5. The first-order valence-corrected chi connectivity index (χ1v) is 34.2. The van der Waals surface area contributed by atoms with Crippen LogP contribution in [-0.2, 0) is 0 Å². The van der Waals surface area contributed by atoms with Crippen molar-refractivity contribution >= 4 is 179 Å². The van der Waals surface area contributed by atoms with Gasteiger partial charge in [0.1, 0.15) is 34.5 Å². The van der Waals surface area contributed by atoms with Crippen LogP contribution in [0, 0.1) is 0 Å². The van der Waals surface area contributed by atoms with Crippen molar-refractivity contribution in [2.45, 2.75) is 0 Å². The van der Waals surface area contributed by atoms with E-state index in [9.17, 15) is 0 Å². The van der Waals surface area contributed by atoms with Crippen LogP contribution in [0.2, 0.25) is 0 Å². The van der Waals surface area contributed by atoms with Crippen LogP contribution in [0.5, 0.6) is 34.5 Å². The first kappa shape index (κ1) is 54.7. The number of ether oxygens (including phenoxy) is 3. The van der Waals surface area contributed by atoms with Crippen LogP contribution >= 0.6 is 23.9 Å². The van der Waals surface area contributed by atoms with Crippen LogP contribution in [0.15, 0.2) is 291 Å². The molecule has 0 saturated carbocycles. The van der Waals surface area contributed by atoms with Gasteiger partial charge in [-0.3, -0.25) is 8.61 Å². The van der Waals surface area contributed by atoms with Gasteiger partial charge in [0, 0.05) is 93.4 Å². The summed E-state index contributed by atoms with van der Waals surface area (Å²) in [6.07, 6.45) is 4.42. The highest BCUT2D eigenvalue weighted by atomic mass is 32.2. The summed E-state index contributed by atoms with van der Waals surface area (Å²) < 4.78 is 26.6. The van der Waals surface area contributed by atoms with E-state index in [0.29, 0.717) is 0 Å². The molecule has 0 aromatic heterocycles. The number of nitrogens with zero attached hydrogens (tertiary/aromatic N) is 5. The Bertz CT molecular complexity index is 4800. The summed E-state index contributed by atoms with van der Waals surface area (Å²) in [5.41, 5.74) is 26.1. The number of anilines is 15. The second kappa shape index (κ2) is 21.8. The Morgan fingerprint density at radius 3 is 1.06 bits per heavy atom. The third kappa shape index (κ3) is 8.49. The maximum atomic E-state index is 7.51. The van der Waals surface area contributed by atoms with E-state index in [1.807, 2.05) is 0 Å². The molecular weight excluding hydrogens is 1190 g/mol. The average molecular weight is 1240 g/mol. The molecule has 13 aromatic rings. The zero-order valence-electron chi connectivity index (χ0n) is 51.2. The number of nitrogens with one attached hydrogen (secondary N) is 1. The van der Waals surface area contributed by atoms with Gasteiger partial charge in [-0.1, -0.05) is 158 Å². The summed E-state index contributed by atoms with van der Waals surface area (Å²) in [5, 5.41) is 4.11. The first-order chi connectivity index (χ1) is 46.5. The van der Waals surface area contributed by atoms with Gasteiger partial charge in [-0.2, -0.15) is 0 Å². The molecule has 0 aliphatic carbocycles. The number of fused-ring (bicyclic) bond motifs is 12. The average Bonchev–Trinajstić information content (AvgIpc) is 0.698. The predicted molar refractivity (Wildman–Crippen MR) is 398 cm³/mol. The zero-order chi connectivity index (χ0) is 62.1. The van der Waals surface area contributed by atoms with E-state index in [2.05, 4.69) is 332 Å². The number of hydrogen-bond donors (Lipinski definition) is 1. The van der Waals surface area contributed by atoms with Crippen molar-refractivity contribution in [2.24, 2.45) is 0 Å². The Morgan fingerprint density at radius 1 is 0.266 bits per heavy atom. The standard InChI is InChI=1S/C80H55B3N6O3S2/c1-93-88-68-49-66-62(81-60-37-21-23-39-72(60)90-75-44-57(41-67(84-66)78(75)81)85(51-25-9-3-10-26-51)52-27-11-4-12-28-52)47-63(68)83-64-48-65-74(50-69(64)89(94-2)71-43-58(42-70(88)79(71)83)86(53-29-13-5-14-30-53)54-31-15-6-16-32-54)92-77-46-59(45-76-80(77)82(65)61-38-22-24-40-73(61)91-76)87(55-33-17-7-18-34-55)56-35-19-8-20-36-56/h3-50,84H,1-2H3. The molecule has 444 valence electrons. The van der Waals surface area contributed by atoms with Gasteiger partial charge in [0.15, 0.2) is 0 Å². The summed E-state index contributed by atoms with van der Waals surface area (Å²) in [6, 6.07) is 105.